The van der Waals surface area contributed by atoms with Crippen molar-refractivity contribution in [3.63, 3.8) is 0 Å². The number of aromatic nitrogens is 2. The molecule has 3 heterocycles. The molecule has 2 aliphatic heterocycles. The second-order valence-corrected chi connectivity index (χ2v) is 10.2. The molecule has 0 unspecified atom stereocenters. The summed E-state index contributed by atoms with van der Waals surface area (Å²) in [4.78, 5) is 40.3. The standard InChI is InChI=1S/C25H30N6O7/c1-24(2,3)38-23(33)31-12-25(34,13-31)14-36-30-21(32)18-19(27)28-20(16-6-4-5-15(9-16)10-26)29-22(18)37-17-7-8-35-11-17/h4-6,9,17,34H,7-8,11-14H2,1-3H3,(H,30,32)(H2,27,28,29)/t17-/m0/s1. The van der Waals surface area contributed by atoms with Crippen molar-refractivity contribution < 1.29 is 33.7 Å². The van der Waals surface area contributed by atoms with Gasteiger partial charge in [-0.25, -0.2) is 15.3 Å². The van der Waals surface area contributed by atoms with Gasteiger partial charge in [0.25, 0.3) is 5.91 Å². The minimum atomic E-state index is -1.36. The van der Waals surface area contributed by atoms with Gasteiger partial charge in [0.15, 0.2) is 5.82 Å². The van der Waals surface area contributed by atoms with Crippen LogP contribution in [0.4, 0.5) is 10.6 Å². The van der Waals surface area contributed by atoms with Crippen LogP contribution < -0.4 is 16.0 Å². The van der Waals surface area contributed by atoms with Gasteiger partial charge >= 0.3 is 6.09 Å². The van der Waals surface area contributed by atoms with Gasteiger partial charge in [-0.1, -0.05) is 12.1 Å². The molecule has 1 aromatic heterocycles. The maximum atomic E-state index is 13.0. The summed E-state index contributed by atoms with van der Waals surface area (Å²) in [5, 5.41) is 19.8. The SMILES string of the molecule is CC(C)(C)OC(=O)N1CC(O)(CONC(=O)c2c(N)nc(-c3cccc(C#N)c3)nc2O[C@H]2CCOC2)C1. The molecule has 0 radical (unpaired) electrons. The number of rotatable bonds is 7. The van der Waals surface area contributed by atoms with Crippen molar-refractivity contribution in [2.24, 2.45) is 0 Å². The molecule has 4 N–H and O–H groups in total. The Labute approximate surface area is 219 Å². The summed E-state index contributed by atoms with van der Waals surface area (Å²) >= 11 is 0. The first-order valence-electron chi connectivity index (χ1n) is 12.0. The third-order valence-corrected chi connectivity index (χ3v) is 5.67. The highest BCUT2D eigenvalue weighted by molar-refractivity contribution is 6.00. The summed E-state index contributed by atoms with van der Waals surface area (Å²) in [5.41, 5.74) is 7.16. The van der Waals surface area contributed by atoms with Crippen molar-refractivity contribution in [2.45, 2.75) is 44.5 Å². The average molecular weight is 527 g/mol. The summed E-state index contributed by atoms with van der Waals surface area (Å²) in [5.74, 6) is -0.826. The Kier molecular flexibility index (Phi) is 7.68. The van der Waals surface area contributed by atoms with E-state index < -0.39 is 23.2 Å². The number of likely N-dealkylation sites (tertiary alicyclic amines) is 1. The van der Waals surface area contributed by atoms with Crippen molar-refractivity contribution in [2.75, 3.05) is 38.6 Å². The molecule has 2 aliphatic rings. The maximum Gasteiger partial charge on any atom is 0.410 e. The van der Waals surface area contributed by atoms with Crippen molar-refractivity contribution in [3.05, 3.63) is 35.4 Å². The van der Waals surface area contributed by atoms with E-state index in [0.29, 0.717) is 30.8 Å². The fourth-order valence-electron chi connectivity index (χ4n) is 3.87. The van der Waals surface area contributed by atoms with Crippen LogP contribution in [0.5, 0.6) is 5.88 Å². The van der Waals surface area contributed by atoms with Crippen LogP contribution in [0.2, 0.25) is 0 Å². The van der Waals surface area contributed by atoms with E-state index in [4.69, 9.17) is 24.8 Å². The van der Waals surface area contributed by atoms with Gasteiger partial charge in [-0.05, 0) is 32.9 Å². The molecule has 202 valence electrons. The van der Waals surface area contributed by atoms with Crippen molar-refractivity contribution >= 4 is 17.8 Å². The Morgan fingerprint density at radius 2 is 2.11 bits per heavy atom. The quantitative estimate of drug-likeness (QED) is 0.443. The normalized spacial score (nSPS) is 18.3. The zero-order chi connectivity index (χ0) is 27.5. The highest BCUT2D eigenvalue weighted by Crippen LogP contribution is 2.29. The van der Waals surface area contributed by atoms with Gasteiger partial charge < -0.3 is 30.0 Å². The number of nitrogens with one attached hydrogen (secondary N) is 1. The van der Waals surface area contributed by atoms with E-state index in [1.165, 1.54) is 4.90 Å². The summed E-state index contributed by atoms with van der Waals surface area (Å²) in [6, 6.07) is 8.68. The lowest BCUT2D eigenvalue weighted by Gasteiger charge is -2.45. The predicted octanol–water partition coefficient (Wildman–Crippen LogP) is 1.41. The molecule has 13 nitrogen and oxygen atoms in total. The smallest absolute Gasteiger partial charge is 0.410 e. The van der Waals surface area contributed by atoms with Crippen LogP contribution in [0, 0.1) is 11.3 Å². The van der Waals surface area contributed by atoms with Crippen LogP contribution in [0.3, 0.4) is 0 Å². The lowest BCUT2D eigenvalue weighted by atomic mass is 9.96. The molecule has 2 fully saturated rings. The van der Waals surface area contributed by atoms with Gasteiger partial charge in [0.1, 0.15) is 35.3 Å². The fourth-order valence-corrected chi connectivity index (χ4v) is 3.87. The maximum absolute atomic E-state index is 13.0. The number of hydroxylamine groups is 1. The number of β-amino-alcohol motifs (C(OH)–C–C–N with tert-alkyl or cyclic N) is 1. The van der Waals surface area contributed by atoms with Crippen molar-refractivity contribution in [1.82, 2.24) is 20.3 Å². The van der Waals surface area contributed by atoms with Gasteiger partial charge in [-0.3, -0.25) is 9.63 Å². The molecule has 2 aromatic rings. The monoisotopic (exact) mass is 526 g/mol. The summed E-state index contributed by atoms with van der Waals surface area (Å²) < 4.78 is 16.6. The number of benzene rings is 1. The lowest BCUT2D eigenvalue weighted by Crippen LogP contribution is -2.66. The second-order valence-electron chi connectivity index (χ2n) is 10.2. The van der Waals surface area contributed by atoms with Crippen LogP contribution in [0.25, 0.3) is 11.4 Å². The summed E-state index contributed by atoms with van der Waals surface area (Å²) in [6.45, 7) is 5.75. The van der Waals surface area contributed by atoms with Gasteiger partial charge in [-0.2, -0.15) is 10.2 Å². The van der Waals surface area contributed by atoms with Crippen LogP contribution in [0.15, 0.2) is 24.3 Å². The van der Waals surface area contributed by atoms with Crippen LogP contribution >= 0.6 is 0 Å². The minimum Gasteiger partial charge on any atom is -0.471 e. The Morgan fingerprint density at radius 1 is 1.34 bits per heavy atom. The number of nitriles is 1. The highest BCUT2D eigenvalue weighted by Gasteiger charge is 2.46. The van der Waals surface area contributed by atoms with Gasteiger partial charge in [0.2, 0.25) is 5.88 Å². The Bertz CT molecular complexity index is 1240. The third-order valence-electron chi connectivity index (χ3n) is 5.67. The average Bonchev–Trinajstić information content (AvgIpc) is 3.34. The molecule has 2 saturated heterocycles. The minimum absolute atomic E-state index is 0.0183. The molecule has 0 aliphatic carbocycles. The zero-order valence-electron chi connectivity index (χ0n) is 21.4. The first kappa shape index (κ1) is 27.1. The van der Waals surface area contributed by atoms with Crippen LogP contribution in [-0.2, 0) is 14.3 Å². The van der Waals surface area contributed by atoms with Gasteiger partial charge in [-0.15, -0.1) is 0 Å². The van der Waals surface area contributed by atoms with E-state index in [-0.39, 0.29) is 48.9 Å². The van der Waals surface area contributed by atoms with E-state index in [2.05, 4.69) is 21.5 Å². The zero-order valence-corrected chi connectivity index (χ0v) is 21.4. The second kappa shape index (κ2) is 10.8. The fraction of sp³-hybridized carbons (Fsp3) is 0.480. The topological polar surface area (TPSA) is 182 Å². The Balaban J connectivity index is 1.45. The number of nitrogens with zero attached hydrogens (tertiary/aromatic N) is 4. The number of ether oxygens (including phenoxy) is 3. The van der Waals surface area contributed by atoms with Gasteiger partial charge in [0, 0.05) is 12.0 Å². The molecule has 1 aromatic carbocycles. The summed E-state index contributed by atoms with van der Waals surface area (Å²) in [7, 11) is 0. The van der Waals surface area contributed by atoms with Crippen molar-refractivity contribution in [1.29, 1.82) is 5.26 Å². The predicted molar refractivity (Wildman–Crippen MR) is 133 cm³/mol. The third kappa shape index (κ3) is 6.46. The Morgan fingerprint density at radius 3 is 2.76 bits per heavy atom. The highest BCUT2D eigenvalue weighted by atomic mass is 16.7. The van der Waals surface area contributed by atoms with E-state index >= 15 is 0 Å². The van der Waals surface area contributed by atoms with Crippen LogP contribution in [-0.4, -0.2) is 82.2 Å². The molecule has 2 amide bonds. The lowest BCUT2D eigenvalue weighted by molar-refractivity contribution is -0.146. The van der Waals surface area contributed by atoms with E-state index in [1.54, 1.807) is 45.0 Å². The van der Waals surface area contributed by atoms with E-state index in [0.717, 1.165) is 0 Å². The summed E-state index contributed by atoms with van der Waals surface area (Å²) in [6.07, 6.45) is -0.291. The van der Waals surface area contributed by atoms with E-state index in [1.807, 2.05) is 0 Å². The van der Waals surface area contributed by atoms with Crippen LogP contribution in [0.1, 0.15) is 43.1 Å². The van der Waals surface area contributed by atoms with Gasteiger partial charge in [0.05, 0.1) is 37.9 Å². The number of carbonyl (C=O) groups is 2. The Hall–Kier alpha value is -3.99. The van der Waals surface area contributed by atoms with Crippen molar-refractivity contribution in [3.8, 4) is 23.3 Å². The number of carbonyl (C=O) groups excluding carboxylic acids is 2. The number of nitrogens with two attached hydrogens (primary N) is 1. The molecule has 0 saturated carbocycles. The molecule has 38 heavy (non-hydrogen) atoms. The number of nitrogen functional groups attached to an aromatic ring is 1. The van der Waals surface area contributed by atoms with E-state index in [9.17, 15) is 20.0 Å². The number of anilines is 1. The number of amides is 2. The number of hydrogen-bond acceptors (Lipinski definition) is 11. The number of aliphatic hydroxyl groups is 1. The first-order chi connectivity index (χ1) is 18.0. The molecule has 0 spiro atoms. The first-order valence-corrected chi connectivity index (χ1v) is 12.0. The molecule has 1 atom stereocenters. The molecular formula is C25H30N6O7. The molecule has 0 bridgehead atoms. The molecular weight excluding hydrogens is 496 g/mol. The number of hydrogen-bond donors (Lipinski definition) is 3. The molecule has 4 rings (SSSR count). The molecule has 13 heteroatoms. The largest absolute Gasteiger partial charge is 0.471 e.